The molecule has 0 aromatic carbocycles. The van der Waals surface area contributed by atoms with Crippen molar-refractivity contribution in [3.8, 4) is 0 Å². The van der Waals surface area contributed by atoms with Gasteiger partial charge in [-0.3, -0.25) is 19.2 Å². The Balaban J connectivity index is 2.82. The highest BCUT2D eigenvalue weighted by Gasteiger charge is 2.35. The maximum absolute atomic E-state index is 12.3. The second-order valence-electron chi connectivity index (χ2n) is 6.05. The van der Waals surface area contributed by atoms with Gasteiger partial charge in [-0.05, 0) is 12.8 Å². The highest BCUT2D eigenvalue weighted by atomic mass is 35.5. The number of Topliss-reactive ketones (excluding diaryl/α,β-unsaturated/α-hetero) is 2. The maximum Gasteiger partial charge on any atom is 0.224 e. The molecule has 2 N–H and O–H groups in total. The van der Waals surface area contributed by atoms with Crippen LogP contribution in [0.25, 0.3) is 0 Å². The van der Waals surface area contributed by atoms with Crippen LogP contribution in [0.2, 0.25) is 0 Å². The molecule has 0 heterocycles. The van der Waals surface area contributed by atoms with E-state index in [1.54, 1.807) is 0 Å². The van der Waals surface area contributed by atoms with Gasteiger partial charge >= 0.3 is 0 Å². The molecule has 1 aliphatic rings. The lowest BCUT2D eigenvalue weighted by Crippen LogP contribution is -2.37. The molecule has 26 heavy (non-hydrogen) atoms. The Hall–Kier alpha value is -1.66. The quantitative estimate of drug-likeness (QED) is 0.432. The van der Waals surface area contributed by atoms with E-state index in [1.807, 2.05) is 13.8 Å². The standard InChI is InChI=1S/C18H24Cl2N2O4/c1-3-5-7-9-11(23)21-15-13(19)18(26)16(14(20)17(15)25)22-12(24)10-8-6-4-2/h3-10H2,1-2H3,(H,21,23)(H,22,24). The number of allylic oxidation sites excluding steroid dienone is 2. The summed E-state index contributed by atoms with van der Waals surface area (Å²) in [6.07, 6.45) is 5.41. The highest BCUT2D eigenvalue weighted by molar-refractivity contribution is 6.56. The van der Waals surface area contributed by atoms with E-state index in [4.69, 9.17) is 23.2 Å². The normalized spacial score (nSPS) is 14.8. The maximum atomic E-state index is 12.3. The van der Waals surface area contributed by atoms with Crippen molar-refractivity contribution in [1.82, 2.24) is 10.6 Å². The van der Waals surface area contributed by atoms with Crippen LogP contribution in [0.3, 0.4) is 0 Å². The van der Waals surface area contributed by atoms with Crippen LogP contribution < -0.4 is 10.6 Å². The zero-order valence-corrected chi connectivity index (χ0v) is 16.6. The number of carbonyl (C=O) groups excluding carboxylic acids is 4. The Morgan fingerprint density at radius 1 is 0.731 bits per heavy atom. The first-order valence-electron chi connectivity index (χ1n) is 8.82. The van der Waals surface area contributed by atoms with Gasteiger partial charge in [-0.15, -0.1) is 0 Å². The largest absolute Gasteiger partial charge is 0.321 e. The molecule has 0 fully saturated rings. The Morgan fingerprint density at radius 2 is 1.08 bits per heavy atom. The average Bonchev–Trinajstić information content (AvgIpc) is 2.61. The van der Waals surface area contributed by atoms with E-state index < -0.39 is 33.4 Å². The van der Waals surface area contributed by atoms with Crippen molar-refractivity contribution in [2.75, 3.05) is 0 Å². The molecule has 0 aromatic rings. The minimum atomic E-state index is -0.788. The number of carbonyl (C=O) groups is 4. The molecule has 0 bridgehead atoms. The summed E-state index contributed by atoms with van der Waals surface area (Å²) < 4.78 is 0. The van der Waals surface area contributed by atoms with Crippen molar-refractivity contribution < 1.29 is 19.2 Å². The number of amides is 2. The van der Waals surface area contributed by atoms with E-state index in [9.17, 15) is 19.2 Å². The fraction of sp³-hybridized carbons (Fsp3) is 0.556. The predicted molar refractivity (Wildman–Crippen MR) is 100 cm³/mol. The first-order chi connectivity index (χ1) is 12.3. The predicted octanol–water partition coefficient (Wildman–Crippen LogP) is 3.43. The summed E-state index contributed by atoms with van der Waals surface area (Å²) in [5.74, 6) is -2.40. The molecule has 0 atom stereocenters. The van der Waals surface area contributed by atoms with E-state index in [2.05, 4.69) is 10.6 Å². The van der Waals surface area contributed by atoms with E-state index in [0.717, 1.165) is 25.7 Å². The van der Waals surface area contributed by atoms with Gasteiger partial charge in [0.05, 0.1) is 0 Å². The lowest BCUT2D eigenvalue weighted by Gasteiger charge is -2.19. The van der Waals surface area contributed by atoms with Gasteiger partial charge in [0.1, 0.15) is 21.5 Å². The van der Waals surface area contributed by atoms with Crippen LogP contribution in [-0.4, -0.2) is 23.4 Å². The van der Waals surface area contributed by atoms with Gasteiger partial charge in [0.25, 0.3) is 0 Å². The van der Waals surface area contributed by atoms with Crippen molar-refractivity contribution >= 4 is 46.6 Å². The fourth-order valence-corrected chi connectivity index (χ4v) is 2.80. The first kappa shape index (κ1) is 22.4. The highest BCUT2D eigenvalue weighted by Crippen LogP contribution is 2.27. The molecular weight excluding hydrogens is 379 g/mol. The lowest BCUT2D eigenvalue weighted by molar-refractivity contribution is -0.123. The molecule has 0 aliphatic heterocycles. The zero-order valence-electron chi connectivity index (χ0n) is 15.0. The monoisotopic (exact) mass is 402 g/mol. The van der Waals surface area contributed by atoms with Crippen molar-refractivity contribution in [3.63, 3.8) is 0 Å². The minimum absolute atomic E-state index is 0.214. The van der Waals surface area contributed by atoms with Gasteiger partial charge in [-0.25, -0.2) is 0 Å². The topological polar surface area (TPSA) is 92.3 Å². The number of halogens is 2. The van der Waals surface area contributed by atoms with Crippen LogP contribution in [-0.2, 0) is 19.2 Å². The lowest BCUT2D eigenvalue weighted by atomic mass is 10.0. The summed E-state index contributed by atoms with van der Waals surface area (Å²) in [4.78, 5) is 48.5. The molecule has 1 rings (SSSR count). The van der Waals surface area contributed by atoms with Crippen LogP contribution in [0.5, 0.6) is 0 Å². The molecule has 0 radical (unpaired) electrons. The second-order valence-corrected chi connectivity index (χ2v) is 6.80. The number of hydrogen-bond acceptors (Lipinski definition) is 4. The number of unbranched alkanes of at least 4 members (excludes halogenated alkanes) is 4. The Bertz CT molecular complexity index is 598. The summed E-state index contributed by atoms with van der Waals surface area (Å²) in [6.45, 7) is 4.01. The summed E-state index contributed by atoms with van der Waals surface area (Å²) in [5.41, 5.74) is -0.681. The van der Waals surface area contributed by atoms with Gasteiger partial charge in [0, 0.05) is 12.8 Å². The smallest absolute Gasteiger partial charge is 0.224 e. The zero-order chi connectivity index (χ0) is 19.7. The van der Waals surface area contributed by atoms with Crippen LogP contribution in [0.15, 0.2) is 21.5 Å². The van der Waals surface area contributed by atoms with E-state index in [1.165, 1.54) is 0 Å². The Labute approximate surface area is 163 Å². The van der Waals surface area contributed by atoms with Gasteiger partial charge in [0.2, 0.25) is 23.4 Å². The SMILES string of the molecule is CCCCCC(=O)NC1=C(Cl)C(=O)C(NC(=O)CCCCC)=C(Cl)C1=O. The summed E-state index contributed by atoms with van der Waals surface area (Å²) >= 11 is 11.9. The minimum Gasteiger partial charge on any atom is -0.321 e. The van der Waals surface area contributed by atoms with E-state index in [-0.39, 0.29) is 24.2 Å². The van der Waals surface area contributed by atoms with Crippen molar-refractivity contribution in [2.24, 2.45) is 0 Å². The van der Waals surface area contributed by atoms with Crippen molar-refractivity contribution in [2.45, 2.75) is 65.2 Å². The summed E-state index contributed by atoms with van der Waals surface area (Å²) in [7, 11) is 0. The first-order valence-corrected chi connectivity index (χ1v) is 9.57. The molecule has 1 aliphatic carbocycles. The summed E-state index contributed by atoms with van der Waals surface area (Å²) in [6, 6.07) is 0. The van der Waals surface area contributed by atoms with Gasteiger partial charge < -0.3 is 10.6 Å². The molecule has 8 heteroatoms. The third kappa shape index (κ3) is 6.25. The molecular formula is C18H24Cl2N2O4. The van der Waals surface area contributed by atoms with E-state index >= 15 is 0 Å². The molecule has 6 nitrogen and oxygen atoms in total. The van der Waals surface area contributed by atoms with E-state index in [0.29, 0.717) is 12.8 Å². The van der Waals surface area contributed by atoms with Crippen molar-refractivity contribution in [3.05, 3.63) is 21.5 Å². The Kier molecular flexibility index (Phi) is 9.59. The van der Waals surface area contributed by atoms with Crippen LogP contribution >= 0.6 is 23.2 Å². The van der Waals surface area contributed by atoms with Crippen LogP contribution in [0.1, 0.15) is 65.2 Å². The number of ketones is 2. The van der Waals surface area contributed by atoms with Crippen LogP contribution in [0.4, 0.5) is 0 Å². The van der Waals surface area contributed by atoms with Crippen molar-refractivity contribution in [1.29, 1.82) is 0 Å². The molecule has 144 valence electrons. The fourth-order valence-electron chi connectivity index (χ4n) is 2.34. The third-order valence-corrected chi connectivity index (χ3v) is 4.56. The molecule has 2 amide bonds. The van der Waals surface area contributed by atoms with Gasteiger partial charge in [-0.1, -0.05) is 62.7 Å². The average molecular weight is 403 g/mol. The van der Waals surface area contributed by atoms with Gasteiger partial charge in [0.15, 0.2) is 0 Å². The molecule has 0 aromatic heterocycles. The van der Waals surface area contributed by atoms with Gasteiger partial charge in [-0.2, -0.15) is 0 Å². The molecule has 0 saturated heterocycles. The second kappa shape index (κ2) is 11.1. The molecule has 0 unspecified atom stereocenters. The number of rotatable bonds is 10. The third-order valence-electron chi connectivity index (χ3n) is 3.84. The number of nitrogens with one attached hydrogen (secondary N) is 2. The number of hydrogen-bond donors (Lipinski definition) is 2. The summed E-state index contributed by atoms with van der Waals surface area (Å²) in [5, 5.41) is 3.82. The Morgan fingerprint density at radius 3 is 1.38 bits per heavy atom. The molecule has 0 spiro atoms. The van der Waals surface area contributed by atoms with Crippen LogP contribution in [0, 0.1) is 0 Å². The molecule has 0 saturated carbocycles.